The summed E-state index contributed by atoms with van der Waals surface area (Å²) in [6.45, 7) is 1.59. The van der Waals surface area contributed by atoms with Crippen LogP contribution < -0.4 is 5.32 Å². The van der Waals surface area contributed by atoms with Crippen LogP contribution in [0.1, 0.15) is 26.2 Å². The molecule has 0 bridgehead atoms. The monoisotopic (exact) mass is 327 g/mol. The van der Waals surface area contributed by atoms with Crippen LogP contribution in [-0.4, -0.2) is 28.3 Å². The van der Waals surface area contributed by atoms with E-state index in [0.717, 1.165) is 17.7 Å². The second-order valence-corrected chi connectivity index (χ2v) is 6.90. The lowest BCUT2D eigenvalue weighted by Crippen LogP contribution is -2.54. The van der Waals surface area contributed by atoms with E-state index in [-0.39, 0.29) is 18.2 Å². The standard InChI is InChI=1S/C15H18ClNO3S/c1-15(14(19)20,10-6-7-10)17-13(18)8-9-21-12-5-3-2-4-11(12)16/h2-5,10H,6-9H2,1H3,(H,17,18)(H,19,20). The minimum Gasteiger partial charge on any atom is -0.480 e. The van der Waals surface area contributed by atoms with Crippen LogP contribution in [0.15, 0.2) is 29.2 Å². The largest absolute Gasteiger partial charge is 0.480 e. The van der Waals surface area contributed by atoms with Crippen molar-refractivity contribution in [2.24, 2.45) is 5.92 Å². The third kappa shape index (κ3) is 4.14. The fourth-order valence-corrected chi connectivity index (χ4v) is 3.35. The lowest BCUT2D eigenvalue weighted by Gasteiger charge is -2.26. The summed E-state index contributed by atoms with van der Waals surface area (Å²) in [4.78, 5) is 24.2. The Kier molecular flexibility index (Phi) is 5.17. The molecule has 1 fully saturated rings. The van der Waals surface area contributed by atoms with E-state index in [4.69, 9.17) is 11.6 Å². The number of carbonyl (C=O) groups excluding carboxylic acids is 1. The Morgan fingerprint density at radius 3 is 2.67 bits per heavy atom. The molecule has 0 spiro atoms. The number of hydrogen-bond acceptors (Lipinski definition) is 3. The van der Waals surface area contributed by atoms with E-state index in [2.05, 4.69) is 5.32 Å². The second-order valence-electron chi connectivity index (χ2n) is 5.36. The van der Waals surface area contributed by atoms with Crippen LogP contribution in [0.25, 0.3) is 0 Å². The van der Waals surface area contributed by atoms with Crippen molar-refractivity contribution in [2.45, 2.75) is 36.6 Å². The van der Waals surface area contributed by atoms with Crippen molar-refractivity contribution in [1.82, 2.24) is 5.32 Å². The molecule has 21 heavy (non-hydrogen) atoms. The zero-order valence-corrected chi connectivity index (χ0v) is 13.3. The Bertz CT molecular complexity index is 547. The van der Waals surface area contributed by atoms with Gasteiger partial charge >= 0.3 is 5.97 Å². The van der Waals surface area contributed by atoms with Crippen molar-refractivity contribution in [2.75, 3.05) is 5.75 Å². The summed E-state index contributed by atoms with van der Waals surface area (Å²) >= 11 is 7.53. The maximum atomic E-state index is 11.9. The van der Waals surface area contributed by atoms with Gasteiger partial charge in [0.1, 0.15) is 5.54 Å². The highest BCUT2D eigenvalue weighted by atomic mass is 35.5. The van der Waals surface area contributed by atoms with Crippen molar-refractivity contribution >= 4 is 35.2 Å². The molecule has 6 heteroatoms. The Morgan fingerprint density at radius 2 is 2.10 bits per heavy atom. The topological polar surface area (TPSA) is 66.4 Å². The van der Waals surface area contributed by atoms with Gasteiger partial charge in [0.15, 0.2) is 0 Å². The summed E-state index contributed by atoms with van der Waals surface area (Å²) in [6.07, 6.45) is 1.99. The molecule has 1 atom stereocenters. The van der Waals surface area contributed by atoms with Crippen molar-refractivity contribution in [3.05, 3.63) is 29.3 Å². The predicted molar refractivity (Wildman–Crippen MR) is 83.7 cm³/mol. The SMILES string of the molecule is CC(NC(=O)CCSc1ccccc1Cl)(C(=O)O)C1CC1. The first-order valence-corrected chi connectivity index (χ1v) is 8.21. The van der Waals surface area contributed by atoms with Crippen LogP contribution >= 0.6 is 23.4 Å². The summed E-state index contributed by atoms with van der Waals surface area (Å²) in [7, 11) is 0. The van der Waals surface area contributed by atoms with Gasteiger partial charge in [0, 0.05) is 17.1 Å². The number of nitrogens with one attached hydrogen (secondary N) is 1. The van der Waals surface area contributed by atoms with Crippen molar-refractivity contribution in [1.29, 1.82) is 0 Å². The minimum atomic E-state index is -1.13. The molecule has 2 rings (SSSR count). The second kappa shape index (κ2) is 6.71. The Balaban J connectivity index is 1.82. The number of carboxylic acids is 1. The highest BCUT2D eigenvalue weighted by Crippen LogP contribution is 2.39. The maximum absolute atomic E-state index is 11.9. The first-order valence-electron chi connectivity index (χ1n) is 6.85. The van der Waals surface area contributed by atoms with Gasteiger partial charge in [-0.1, -0.05) is 23.7 Å². The van der Waals surface area contributed by atoms with E-state index in [1.807, 2.05) is 18.2 Å². The summed E-state index contributed by atoms with van der Waals surface area (Å²) in [6, 6.07) is 7.45. The van der Waals surface area contributed by atoms with Crippen LogP contribution in [0.3, 0.4) is 0 Å². The number of carbonyl (C=O) groups is 2. The quantitative estimate of drug-likeness (QED) is 0.755. The summed E-state index contributed by atoms with van der Waals surface area (Å²) in [5.41, 5.74) is -1.13. The van der Waals surface area contributed by atoms with E-state index in [1.54, 1.807) is 13.0 Å². The first kappa shape index (κ1) is 16.2. The van der Waals surface area contributed by atoms with Crippen molar-refractivity contribution in [3.8, 4) is 0 Å². The smallest absolute Gasteiger partial charge is 0.329 e. The molecule has 0 aliphatic heterocycles. The molecule has 1 amide bonds. The van der Waals surface area contributed by atoms with E-state index in [1.165, 1.54) is 11.8 Å². The minimum absolute atomic E-state index is 0.0511. The average Bonchev–Trinajstić information content (AvgIpc) is 3.25. The summed E-state index contributed by atoms with van der Waals surface area (Å²) in [5, 5.41) is 12.6. The average molecular weight is 328 g/mol. The van der Waals surface area contributed by atoms with Gasteiger partial charge in [-0.05, 0) is 37.8 Å². The van der Waals surface area contributed by atoms with Gasteiger partial charge in [-0.3, -0.25) is 4.79 Å². The number of aliphatic carboxylic acids is 1. The predicted octanol–water partition coefficient (Wildman–Crippen LogP) is 3.19. The molecule has 0 saturated heterocycles. The van der Waals surface area contributed by atoms with E-state index in [9.17, 15) is 14.7 Å². The number of halogens is 1. The number of thioether (sulfide) groups is 1. The van der Waals surface area contributed by atoms with Gasteiger partial charge in [0.2, 0.25) is 5.91 Å². The van der Waals surface area contributed by atoms with E-state index < -0.39 is 11.5 Å². The Labute approximate surface area is 133 Å². The molecule has 1 unspecified atom stereocenters. The Morgan fingerprint density at radius 1 is 1.43 bits per heavy atom. The fourth-order valence-electron chi connectivity index (χ4n) is 2.16. The lowest BCUT2D eigenvalue weighted by molar-refractivity contribution is -0.147. The molecule has 1 aromatic rings. The van der Waals surface area contributed by atoms with Crippen LogP contribution in [0.4, 0.5) is 0 Å². The molecule has 0 aromatic heterocycles. The maximum Gasteiger partial charge on any atom is 0.329 e. The molecule has 1 aliphatic rings. The third-order valence-electron chi connectivity index (χ3n) is 3.66. The third-order valence-corrected chi connectivity index (χ3v) is 5.18. The number of benzene rings is 1. The van der Waals surface area contributed by atoms with Gasteiger partial charge < -0.3 is 10.4 Å². The molecular formula is C15H18ClNO3S. The van der Waals surface area contributed by atoms with E-state index in [0.29, 0.717) is 10.8 Å². The first-order chi connectivity index (χ1) is 9.93. The highest BCUT2D eigenvalue weighted by Gasteiger charge is 2.48. The van der Waals surface area contributed by atoms with Crippen LogP contribution in [0.2, 0.25) is 5.02 Å². The van der Waals surface area contributed by atoms with Gasteiger partial charge in [-0.2, -0.15) is 0 Å². The van der Waals surface area contributed by atoms with Crippen LogP contribution in [0.5, 0.6) is 0 Å². The number of hydrogen-bond donors (Lipinski definition) is 2. The van der Waals surface area contributed by atoms with Crippen molar-refractivity contribution < 1.29 is 14.7 Å². The fraction of sp³-hybridized carbons (Fsp3) is 0.467. The number of rotatable bonds is 7. The summed E-state index contributed by atoms with van der Waals surface area (Å²) in [5.74, 6) is -0.575. The number of amides is 1. The molecular weight excluding hydrogens is 310 g/mol. The molecule has 0 heterocycles. The molecule has 1 aromatic carbocycles. The molecule has 1 aliphatic carbocycles. The van der Waals surface area contributed by atoms with Gasteiger partial charge in [0.05, 0.1) is 5.02 Å². The van der Waals surface area contributed by atoms with Gasteiger partial charge in [0.25, 0.3) is 0 Å². The molecule has 2 N–H and O–H groups in total. The number of carboxylic acid groups (broad SMARTS) is 1. The molecule has 114 valence electrons. The lowest BCUT2D eigenvalue weighted by atomic mass is 9.96. The van der Waals surface area contributed by atoms with Crippen LogP contribution in [0, 0.1) is 5.92 Å². The normalized spacial score (nSPS) is 17.0. The molecule has 0 radical (unpaired) electrons. The van der Waals surface area contributed by atoms with Gasteiger partial charge in [-0.25, -0.2) is 4.79 Å². The highest BCUT2D eigenvalue weighted by molar-refractivity contribution is 7.99. The van der Waals surface area contributed by atoms with Crippen molar-refractivity contribution in [3.63, 3.8) is 0 Å². The van der Waals surface area contributed by atoms with Crippen LogP contribution in [-0.2, 0) is 9.59 Å². The molecule has 4 nitrogen and oxygen atoms in total. The zero-order chi connectivity index (χ0) is 15.5. The Hall–Kier alpha value is -1.20. The molecule has 1 saturated carbocycles. The zero-order valence-electron chi connectivity index (χ0n) is 11.8. The van der Waals surface area contributed by atoms with E-state index >= 15 is 0 Å². The van der Waals surface area contributed by atoms with Gasteiger partial charge in [-0.15, -0.1) is 11.8 Å². The summed E-state index contributed by atoms with van der Waals surface area (Å²) < 4.78 is 0.